The molecule has 15 heteroatoms. The van der Waals surface area contributed by atoms with Crippen molar-refractivity contribution in [3.8, 4) is 0 Å². The summed E-state index contributed by atoms with van der Waals surface area (Å²) < 4.78 is 0. The molecule has 190 valence electrons. The monoisotopic (exact) mass is 486 g/mol. The minimum atomic E-state index is -1.70. The molecule has 0 saturated carbocycles. The second kappa shape index (κ2) is 13.7. The lowest BCUT2D eigenvalue weighted by molar-refractivity contribution is -0.144. The van der Waals surface area contributed by atoms with E-state index in [1.165, 1.54) is 0 Å². The molecule has 5 amide bonds. The maximum atomic E-state index is 12.8. The Morgan fingerprint density at radius 3 is 1.85 bits per heavy atom. The lowest BCUT2D eigenvalue weighted by Crippen LogP contribution is -2.57. The number of aliphatic carboxylic acids is 2. The van der Waals surface area contributed by atoms with Gasteiger partial charge in [0.15, 0.2) is 0 Å². The molecule has 1 fully saturated rings. The van der Waals surface area contributed by atoms with Crippen LogP contribution in [0.2, 0.25) is 0 Å². The van der Waals surface area contributed by atoms with Gasteiger partial charge < -0.3 is 42.9 Å². The quantitative estimate of drug-likeness (QED) is 0.112. The van der Waals surface area contributed by atoms with Gasteiger partial charge in [0, 0.05) is 12.8 Å². The molecule has 1 heterocycles. The Morgan fingerprint density at radius 2 is 1.38 bits per heavy atom. The van der Waals surface area contributed by atoms with E-state index in [2.05, 4.69) is 16.0 Å². The molecule has 0 aromatic heterocycles. The highest BCUT2D eigenvalue weighted by atomic mass is 16.4. The maximum absolute atomic E-state index is 12.8. The predicted octanol–water partition coefficient (Wildman–Crippen LogP) is -3.72. The molecule has 0 spiro atoms. The summed E-state index contributed by atoms with van der Waals surface area (Å²) in [6, 6.07) is -5.03. The first-order valence-corrected chi connectivity index (χ1v) is 10.6. The number of carboxylic acid groups (broad SMARTS) is 2. The van der Waals surface area contributed by atoms with Crippen LogP contribution in [0.1, 0.15) is 44.9 Å². The van der Waals surface area contributed by atoms with E-state index in [0.717, 1.165) is 6.42 Å². The van der Waals surface area contributed by atoms with Gasteiger partial charge in [0.2, 0.25) is 29.5 Å². The first kappa shape index (κ1) is 28.3. The van der Waals surface area contributed by atoms with Crippen molar-refractivity contribution in [2.75, 3.05) is 6.54 Å². The van der Waals surface area contributed by atoms with E-state index in [1.54, 1.807) is 0 Å². The van der Waals surface area contributed by atoms with Gasteiger partial charge in [-0.2, -0.15) is 0 Å². The number of carbonyl (C=O) groups is 7. The molecule has 1 aliphatic heterocycles. The molecule has 15 nitrogen and oxygen atoms in total. The molecule has 0 bridgehead atoms. The van der Waals surface area contributed by atoms with Crippen molar-refractivity contribution in [2.24, 2.45) is 11.5 Å². The third-order valence-electron chi connectivity index (χ3n) is 4.99. The van der Waals surface area contributed by atoms with Crippen molar-refractivity contribution in [3.05, 3.63) is 0 Å². The number of nitrogens with one attached hydrogen (secondary N) is 4. The van der Waals surface area contributed by atoms with Gasteiger partial charge in [0.05, 0.1) is 12.5 Å². The van der Waals surface area contributed by atoms with E-state index in [0.29, 0.717) is 13.0 Å². The zero-order valence-corrected chi connectivity index (χ0v) is 18.4. The molecule has 0 aromatic rings. The van der Waals surface area contributed by atoms with Crippen molar-refractivity contribution >= 4 is 41.5 Å². The fraction of sp³-hybridized carbons (Fsp3) is 0.632. The number of hydrogen-bond acceptors (Lipinski definition) is 8. The Balaban J connectivity index is 2.98. The number of carbonyl (C=O) groups excluding carboxylic acids is 5. The minimum absolute atomic E-state index is 0.188. The fourth-order valence-electron chi connectivity index (χ4n) is 3.22. The van der Waals surface area contributed by atoms with E-state index in [1.807, 2.05) is 5.32 Å². The lowest BCUT2D eigenvalue weighted by Gasteiger charge is -2.24. The third kappa shape index (κ3) is 10.2. The zero-order chi connectivity index (χ0) is 25.8. The smallest absolute Gasteiger partial charge is 0.326 e. The van der Waals surface area contributed by atoms with E-state index >= 15 is 0 Å². The van der Waals surface area contributed by atoms with Crippen molar-refractivity contribution in [1.29, 1.82) is 0 Å². The van der Waals surface area contributed by atoms with Crippen LogP contribution in [-0.2, 0) is 33.6 Å². The molecule has 1 saturated heterocycles. The van der Waals surface area contributed by atoms with E-state index < -0.39 is 84.9 Å². The molecule has 1 rings (SSSR count). The highest BCUT2D eigenvalue weighted by molar-refractivity contribution is 5.95. The topological polar surface area (TPSA) is 260 Å². The van der Waals surface area contributed by atoms with Gasteiger partial charge in [-0.25, -0.2) is 4.79 Å². The van der Waals surface area contributed by atoms with E-state index in [-0.39, 0.29) is 12.8 Å². The molecule has 0 aliphatic carbocycles. The van der Waals surface area contributed by atoms with Gasteiger partial charge >= 0.3 is 11.9 Å². The first-order chi connectivity index (χ1) is 15.9. The molecule has 1 aliphatic rings. The predicted molar refractivity (Wildman–Crippen MR) is 114 cm³/mol. The van der Waals surface area contributed by atoms with Crippen molar-refractivity contribution in [1.82, 2.24) is 21.3 Å². The van der Waals surface area contributed by atoms with Crippen LogP contribution < -0.4 is 32.7 Å². The average molecular weight is 486 g/mol. The van der Waals surface area contributed by atoms with E-state index in [9.17, 15) is 33.6 Å². The summed E-state index contributed by atoms with van der Waals surface area (Å²) in [4.78, 5) is 82.4. The maximum Gasteiger partial charge on any atom is 0.326 e. The summed E-state index contributed by atoms with van der Waals surface area (Å²) in [5.74, 6) is -7.06. The van der Waals surface area contributed by atoms with Crippen LogP contribution in [0.15, 0.2) is 0 Å². The van der Waals surface area contributed by atoms with Gasteiger partial charge in [-0.15, -0.1) is 0 Å². The molecule has 10 N–H and O–H groups in total. The Hall–Kier alpha value is -3.75. The number of nitrogens with two attached hydrogens (primary N) is 2. The van der Waals surface area contributed by atoms with Crippen molar-refractivity contribution < 1.29 is 43.8 Å². The Labute approximate surface area is 194 Å². The van der Waals surface area contributed by atoms with Crippen LogP contribution in [0.25, 0.3) is 0 Å². The Kier molecular flexibility index (Phi) is 11.4. The van der Waals surface area contributed by atoms with Crippen LogP contribution in [-0.4, -0.2) is 82.4 Å². The van der Waals surface area contributed by atoms with Crippen LogP contribution in [0.4, 0.5) is 0 Å². The molecule has 34 heavy (non-hydrogen) atoms. The second-order valence-electron chi connectivity index (χ2n) is 7.78. The molecular formula is C19H30N6O9. The highest BCUT2D eigenvalue weighted by Crippen LogP contribution is 2.08. The van der Waals surface area contributed by atoms with Gasteiger partial charge in [-0.05, 0) is 32.2 Å². The normalized spacial score (nSPS) is 17.6. The SMILES string of the molecule is NC(=O)CCC(NC(=O)C1CCCN1)C(=O)NC(CCC(=O)O)C(=O)NC(CC(N)=O)C(=O)O. The van der Waals surface area contributed by atoms with Gasteiger partial charge in [-0.3, -0.25) is 28.8 Å². The number of rotatable bonds is 15. The summed E-state index contributed by atoms with van der Waals surface area (Å²) in [5.41, 5.74) is 10.1. The summed E-state index contributed by atoms with van der Waals surface area (Å²) in [6.07, 6.45) is -0.868. The largest absolute Gasteiger partial charge is 0.481 e. The number of amides is 5. The van der Waals surface area contributed by atoms with Gasteiger partial charge in [0.1, 0.15) is 18.1 Å². The Bertz CT molecular complexity index is 812. The highest BCUT2D eigenvalue weighted by Gasteiger charge is 2.32. The number of primary amides is 2. The molecule has 4 atom stereocenters. The average Bonchev–Trinajstić information content (AvgIpc) is 3.27. The zero-order valence-electron chi connectivity index (χ0n) is 18.4. The lowest BCUT2D eigenvalue weighted by atomic mass is 10.1. The molecule has 0 radical (unpaired) electrons. The summed E-state index contributed by atoms with van der Waals surface area (Å²) in [6.45, 7) is 0.615. The number of hydrogen-bond donors (Lipinski definition) is 8. The van der Waals surface area contributed by atoms with Gasteiger partial charge in [-0.1, -0.05) is 0 Å². The van der Waals surface area contributed by atoms with Crippen molar-refractivity contribution in [3.63, 3.8) is 0 Å². The van der Waals surface area contributed by atoms with Crippen LogP contribution >= 0.6 is 0 Å². The number of carboxylic acids is 2. The van der Waals surface area contributed by atoms with Crippen LogP contribution in [0, 0.1) is 0 Å². The Morgan fingerprint density at radius 1 is 0.824 bits per heavy atom. The fourth-order valence-corrected chi connectivity index (χ4v) is 3.22. The van der Waals surface area contributed by atoms with Gasteiger partial charge in [0.25, 0.3) is 0 Å². The minimum Gasteiger partial charge on any atom is -0.481 e. The second-order valence-corrected chi connectivity index (χ2v) is 7.78. The molecule has 0 aromatic carbocycles. The van der Waals surface area contributed by atoms with E-state index in [4.69, 9.17) is 21.7 Å². The molecule has 4 unspecified atom stereocenters. The summed E-state index contributed by atoms with van der Waals surface area (Å²) >= 11 is 0. The third-order valence-corrected chi connectivity index (χ3v) is 4.99. The van der Waals surface area contributed by atoms with Crippen molar-refractivity contribution in [2.45, 2.75) is 69.1 Å². The molecular weight excluding hydrogens is 456 g/mol. The first-order valence-electron chi connectivity index (χ1n) is 10.6. The summed E-state index contributed by atoms with van der Waals surface area (Å²) in [7, 11) is 0. The summed E-state index contributed by atoms with van der Waals surface area (Å²) in [5, 5.41) is 27.9. The standard InChI is InChI=1S/C19H30N6O9/c20-13(26)5-3-10(23-16(30)9-2-1-7-22-9)17(31)24-11(4-6-15(28)29)18(32)25-12(19(33)34)8-14(21)27/h9-12,22H,1-8H2,(H2,20,26)(H2,21,27)(H,23,30)(H,24,31)(H,25,32)(H,28,29)(H,33,34). The van der Waals surface area contributed by atoms with Crippen LogP contribution in [0.3, 0.4) is 0 Å². The van der Waals surface area contributed by atoms with Crippen LogP contribution in [0.5, 0.6) is 0 Å².